The molecule has 0 radical (unpaired) electrons. The van der Waals surface area contributed by atoms with Gasteiger partial charge in [-0.1, -0.05) is 18.2 Å². The second kappa shape index (κ2) is 8.45. The largest absolute Gasteiger partial charge is 0.489 e. The molecule has 0 aliphatic heterocycles. The average Bonchev–Trinajstić information content (AvgIpc) is 3.03. The van der Waals surface area contributed by atoms with Crippen molar-refractivity contribution in [2.24, 2.45) is 0 Å². The van der Waals surface area contributed by atoms with Gasteiger partial charge in [-0.2, -0.15) is 13.9 Å². The second-order valence-corrected chi connectivity index (χ2v) is 5.54. The monoisotopic (exact) mass is 377 g/mol. The Labute approximate surface area is 153 Å². The predicted octanol–water partition coefficient (Wildman–Crippen LogP) is 3.33. The van der Waals surface area contributed by atoms with Crippen molar-refractivity contribution in [3.8, 4) is 11.5 Å². The number of nitrogens with one attached hydrogen (secondary N) is 2. The molecular formula is C18H17F2N3O4. The molecule has 0 unspecified atom stereocenters. The maximum Gasteiger partial charge on any atom is 0.387 e. The van der Waals surface area contributed by atoms with Crippen LogP contribution in [0.25, 0.3) is 10.9 Å². The number of H-pyrrole nitrogens is 1. The van der Waals surface area contributed by atoms with Crippen molar-refractivity contribution in [3.05, 3.63) is 48.0 Å². The quantitative estimate of drug-likeness (QED) is 0.629. The third-order valence-electron chi connectivity index (χ3n) is 3.65. The first kappa shape index (κ1) is 18.6. The number of carbonyl (C=O) groups is 1. The summed E-state index contributed by atoms with van der Waals surface area (Å²) in [5, 5.41) is 10.1. The van der Waals surface area contributed by atoms with Crippen LogP contribution >= 0.6 is 0 Å². The fourth-order valence-electron chi connectivity index (χ4n) is 2.47. The number of anilines is 1. The molecule has 0 aliphatic rings. The number of para-hydroxylation sites is 1. The number of halogens is 2. The zero-order valence-electron chi connectivity index (χ0n) is 14.4. The smallest absolute Gasteiger partial charge is 0.387 e. The summed E-state index contributed by atoms with van der Waals surface area (Å²) in [4.78, 5) is 11.7. The fourth-order valence-corrected chi connectivity index (χ4v) is 2.47. The number of rotatable bonds is 8. The third-order valence-corrected chi connectivity index (χ3v) is 3.65. The van der Waals surface area contributed by atoms with E-state index >= 15 is 0 Å². The minimum Gasteiger partial charge on any atom is -0.489 e. The molecule has 1 aromatic heterocycles. The van der Waals surface area contributed by atoms with E-state index in [1.165, 1.54) is 13.2 Å². The van der Waals surface area contributed by atoms with E-state index in [0.717, 1.165) is 0 Å². The van der Waals surface area contributed by atoms with Gasteiger partial charge in [-0.3, -0.25) is 9.89 Å². The van der Waals surface area contributed by atoms with Crippen LogP contribution in [0.2, 0.25) is 0 Å². The first-order chi connectivity index (χ1) is 13.1. The SMILES string of the molecule is COCC(=O)Nc1n[nH]c2ccc(OCc3ccccc3OC(F)F)cc12. The van der Waals surface area contributed by atoms with Gasteiger partial charge in [0.05, 0.1) is 5.52 Å². The van der Waals surface area contributed by atoms with Crippen molar-refractivity contribution >= 4 is 22.6 Å². The molecule has 0 atom stereocenters. The van der Waals surface area contributed by atoms with Gasteiger partial charge in [0, 0.05) is 18.1 Å². The highest BCUT2D eigenvalue weighted by Gasteiger charge is 2.12. The van der Waals surface area contributed by atoms with E-state index in [1.54, 1.807) is 36.4 Å². The molecule has 9 heteroatoms. The molecule has 1 amide bonds. The highest BCUT2D eigenvalue weighted by Crippen LogP contribution is 2.27. The van der Waals surface area contributed by atoms with E-state index < -0.39 is 6.61 Å². The molecule has 0 fully saturated rings. The zero-order valence-corrected chi connectivity index (χ0v) is 14.4. The van der Waals surface area contributed by atoms with Gasteiger partial charge in [-0.25, -0.2) is 0 Å². The lowest BCUT2D eigenvalue weighted by Gasteiger charge is -2.12. The van der Waals surface area contributed by atoms with Gasteiger partial charge >= 0.3 is 6.61 Å². The molecule has 7 nitrogen and oxygen atoms in total. The van der Waals surface area contributed by atoms with Gasteiger partial charge in [-0.15, -0.1) is 0 Å². The Bertz CT molecular complexity index is 930. The molecule has 0 saturated carbocycles. The van der Waals surface area contributed by atoms with Gasteiger partial charge in [-0.05, 0) is 24.3 Å². The van der Waals surface area contributed by atoms with Crippen LogP contribution in [0, 0.1) is 0 Å². The highest BCUT2D eigenvalue weighted by molar-refractivity contribution is 6.00. The summed E-state index contributed by atoms with van der Waals surface area (Å²) in [6, 6.07) is 11.5. The molecule has 2 aromatic carbocycles. The molecule has 0 spiro atoms. The summed E-state index contributed by atoms with van der Waals surface area (Å²) in [5.74, 6) is 0.552. The number of alkyl halides is 2. The van der Waals surface area contributed by atoms with Gasteiger partial charge in [0.1, 0.15) is 24.7 Å². The van der Waals surface area contributed by atoms with Gasteiger partial charge in [0.2, 0.25) is 0 Å². The summed E-state index contributed by atoms with van der Waals surface area (Å²) < 4.78 is 39.9. The van der Waals surface area contributed by atoms with Crippen molar-refractivity contribution < 1.29 is 27.8 Å². The summed E-state index contributed by atoms with van der Waals surface area (Å²) in [7, 11) is 1.42. The molecule has 1 heterocycles. The molecule has 3 rings (SSSR count). The number of aromatic amines is 1. The zero-order chi connectivity index (χ0) is 19.2. The third kappa shape index (κ3) is 4.70. The Morgan fingerprint density at radius 2 is 2.07 bits per heavy atom. The lowest BCUT2D eigenvalue weighted by molar-refractivity contribution is -0.119. The van der Waals surface area contributed by atoms with Gasteiger partial charge in [0.15, 0.2) is 5.82 Å². The Kier molecular flexibility index (Phi) is 5.82. The number of ether oxygens (including phenoxy) is 3. The number of carbonyl (C=O) groups excluding carboxylic acids is 1. The minimum atomic E-state index is -2.91. The van der Waals surface area contributed by atoms with E-state index in [9.17, 15) is 13.6 Å². The molecule has 142 valence electrons. The molecule has 0 bridgehead atoms. The average molecular weight is 377 g/mol. The topological polar surface area (TPSA) is 85.5 Å². The summed E-state index contributed by atoms with van der Waals surface area (Å²) in [5.41, 5.74) is 1.19. The number of amides is 1. The maximum atomic E-state index is 12.5. The van der Waals surface area contributed by atoms with Crippen LogP contribution in [-0.4, -0.2) is 36.4 Å². The number of benzene rings is 2. The molecule has 3 aromatic rings. The standard InChI is InChI=1S/C18H17F2N3O4/c1-25-10-16(24)21-17-13-8-12(6-7-14(13)22-23-17)26-9-11-4-2-3-5-15(11)27-18(19)20/h2-8,18H,9-10H2,1H3,(H2,21,22,23,24). The summed E-state index contributed by atoms with van der Waals surface area (Å²) in [6.07, 6.45) is 0. The van der Waals surface area contributed by atoms with E-state index in [1.807, 2.05) is 0 Å². The maximum absolute atomic E-state index is 12.5. The van der Waals surface area contributed by atoms with E-state index in [-0.39, 0.29) is 24.9 Å². The van der Waals surface area contributed by atoms with Crippen molar-refractivity contribution in [1.29, 1.82) is 0 Å². The minimum absolute atomic E-state index is 0.0393. The van der Waals surface area contributed by atoms with Crippen LogP contribution in [0.5, 0.6) is 11.5 Å². The lowest BCUT2D eigenvalue weighted by Crippen LogP contribution is -2.17. The predicted molar refractivity (Wildman–Crippen MR) is 94.0 cm³/mol. The lowest BCUT2D eigenvalue weighted by atomic mass is 10.2. The Morgan fingerprint density at radius 3 is 2.85 bits per heavy atom. The van der Waals surface area contributed by atoms with E-state index in [4.69, 9.17) is 9.47 Å². The van der Waals surface area contributed by atoms with Crippen LogP contribution in [0.3, 0.4) is 0 Å². The number of fused-ring (bicyclic) bond motifs is 1. The summed E-state index contributed by atoms with van der Waals surface area (Å²) in [6.45, 7) is -2.96. The summed E-state index contributed by atoms with van der Waals surface area (Å²) >= 11 is 0. The number of methoxy groups -OCH3 is 1. The van der Waals surface area contributed by atoms with Crippen molar-refractivity contribution in [2.45, 2.75) is 13.2 Å². The second-order valence-electron chi connectivity index (χ2n) is 5.54. The molecule has 2 N–H and O–H groups in total. The number of hydrogen-bond donors (Lipinski definition) is 2. The van der Waals surface area contributed by atoms with Crippen molar-refractivity contribution in [1.82, 2.24) is 10.2 Å². The molecule has 27 heavy (non-hydrogen) atoms. The first-order valence-corrected chi connectivity index (χ1v) is 7.99. The van der Waals surface area contributed by atoms with Crippen LogP contribution in [0.1, 0.15) is 5.56 Å². The number of nitrogens with zero attached hydrogens (tertiary/aromatic N) is 1. The van der Waals surface area contributed by atoms with Crippen molar-refractivity contribution in [2.75, 3.05) is 19.0 Å². The highest BCUT2D eigenvalue weighted by atomic mass is 19.3. The number of aromatic nitrogens is 2. The van der Waals surface area contributed by atoms with Crippen LogP contribution in [0.15, 0.2) is 42.5 Å². The van der Waals surface area contributed by atoms with E-state index in [2.05, 4.69) is 20.3 Å². The van der Waals surface area contributed by atoms with Gasteiger partial charge < -0.3 is 19.5 Å². The Balaban J connectivity index is 1.75. The normalized spacial score (nSPS) is 11.0. The van der Waals surface area contributed by atoms with Gasteiger partial charge in [0.25, 0.3) is 5.91 Å². The first-order valence-electron chi connectivity index (χ1n) is 7.99. The molecule has 0 saturated heterocycles. The van der Waals surface area contributed by atoms with Crippen LogP contribution in [-0.2, 0) is 16.1 Å². The number of hydrogen-bond acceptors (Lipinski definition) is 5. The van der Waals surface area contributed by atoms with Crippen LogP contribution < -0.4 is 14.8 Å². The van der Waals surface area contributed by atoms with E-state index in [0.29, 0.717) is 28.0 Å². The fraction of sp³-hybridized carbons (Fsp3) is 0.222. The Morgan fingerprint density at radius 1 is 1.26 bits per heavy atom. The molecular weight excluding hydrogens is 360 g/mol. The Hall–Kier alpha value is -3.20. The van der Waals surface area contributed by atoms with Crippen molar-refractivity contribution in [3.63, 3.8) is 0 Å². The van der Waals surface area contributed by atoms with Crippen LogP contribution in [0.4, 0.5) is 14.6 Å². The molecule has 0 aliphatic carbocycles.